The number of ether oxygens (including phenoxy) is 1. The molecule has 4 saturated carbocycles. The summed E-state index contributed by atoms with van der Waals surface area (Å²) in [5.41, 5.74) is 43.2. The van der Waals surface area contributed by atoms with Crippen LogP contribution in [-0.2, 0) is 52.1 Å². The average Bonchev–Trinajstić information content (AvgIpc) is 1.51. The van der Waals surface area contributed by atoms with Gasteiger partial charge < -0.3 is 63.8 Å². The van der Waals surface area contributed by atoms with E-state index in [-0.39, 0.29) is 76.7 Å². The highest BCUT2D eigenvalue weighted by Crippen LogP contribution is 2.52. The topological polar surface area (TPSA) is 482 Å². The van der Waals surface area contributed by atoms with Gasteiger partial charge in [0.15, 0.2) is 0 Å². The Morgan fingerprint density at radius 3 is 0.956 bits per heavy atom. The summed E-state index contributed by atoms with van der Waals surface area (Å²) in [5, 5.41) is 44.4. The van der Waals surface area contributed by atoms with E-state index in [1.165, 1.54) is 0 Å². The number of nitrogens with two attached hydrogens (primary N) is 4. The Bertz CT molecular complexity index is 7620. The molecule has 692 valence electrons. The number of aliphatic hydroxyl groups is 1. The van der Waals surface area contributed by atoms with Crippen molar-refractivity contribution in [1.82, 2.24) is 104 Å². The first-order chi connectivity index (χ1) is 65.7. The number of methoxy groups -OCH3 is 1. The number of aliphatic hydroxyl groups excluding tert-OH is 1. The van der Waals surface area contributed by atoms with Crippen molar-refractivity contribution in [1.29, 1.82) is 0 Å². The van der Waals surface area contributed by atoms with Gasteiger partial charge in [-0.15, -0.1) is 0 Å². The van der Waals surface area contributed by atoms with Crippen molar-refractivity contribution in [2.45, 2.75) is 83.5 Å². The molecule has 4 amide bonds. The molecule has 1 saturated heterocycles. The number of aromatic nitrogens is 20. The number of anilines is 9. The maximum Gasteiger partial charge on any atom is 0.229 e. The van der Waals surface area contributed by atoms with Crippen LogP contribution in [0.2, 0.25) is 0 Å². The summed E-state index contributed by atoms with van der Waals surface area (Å²) in [4.78, 5) is 109. The number of amides is 4. The number of nitrogens with zero attached hydrogens (tertiary/aromatic N) is 22. The number of fused-ring (bicyclic) bond motifs is 4. The molecule has 0 bridgehead atoms. The highest BCUT2D eigenvalue weighted by Gasteiger charge is 2.48. The van der Waals surface area contributed by atoms with Crippen LogP contribution in [-0.4, -0.2) is 160 Å². The Labute approximate surface area is 787 Å². The van der Waals surface area contributed by atoms with Gasteiger partial charge in [0.2, 0.25) is 23.6 Å². The second-order valence-electron chi connectivity index (χ2n) is 35.7. The van der Waals surface area contributed by atoms with E-state index in [0.717, 1.165) is 172 Å². The molecule has 13 N–H and O–H groups in total. The smallest absolute Gasteiger partial charge is 0.229 e. The van der Waals surface area contributed by atoms with E-state index in [1.54, 1.807) is 81.3 Å². The molecule has 36 heteroatoms. The molecule has 21 rings (SSSR count). The van der Waals surface area contributed by atoms with Crippen molar-refractivity contribution < 1.29 is 29.0 Å². The summed E-state index contributed by atoms with van der Waals surface area (Å²) in [7, 11) is 12.9. The number of carbonyl (C=O) groups excluding carboxylic acids is 4. The number of rotatable bonds is 22. The standard InChI is InChI=1S/C26H26N8O.C26H28N8O.C25H25N7O2.C24H23N7O2/c1-14-6-24(34-5-4-15(34)2)29-11-20(14)22-7-16-8-23(28-12-21(16)25(27)31-22)32-26(35)19-9-18(19)17-10-30-33(3)13-17;1-14-6-22(15(2)33(3)4)28-11-20(14)23-7-16-8-24(29-12-21(16)25(27)31-23)32-26(35)19-9-18(19)17-10-30-34(5)13-17;1-13-5-21(14(2)34-4)27-10-19(13)22-6-15-7-23(28-11-20(15)24(26)30-22)31-25(33)18-8-17(18)16-9-29-32(3)12-16;1-12-4-20(13(2)32)26-9-18(12)21-5-14-6-22(27-10-19(14)23(25)29-21)30-24(33)17-7-16(17)15-8-28-31(3)11-15/h6-8,10-13,18-19H,2,4-5,9H2,1,3H3,(H2,27,31)(H,28,32,35);6-8,10-13,18-19H,2,9H2,1,3-5H3,(H2,27,31)(H,29,32,35);5-7,9-12,17-18H,2,8H2,1,3-4H3,(H2,26,30)(H,28,31,33);4-6,8-11,16-17,32H,2,7H2,1,3H3,(H2,25,29)(H,27,30,33)/t2*18-,19+;17-,18+;16-,17+/m1111/s1. The molecule has 0 spiro atoms. The summed E-state index contributed by atoms with van der Waals surface area (Å²) in [6.07, 6.45) is 32.9. The predicted molar refractivity (Wildman–Crippen MR) is 530 cm³/mol. The molecular weight excluding hydrogens is 1730 g/mol. The van der Waals surface area contributed by atoms with Crippen molar-refractivity contribution in [2.24, 2.45) is 51.9 Å². The minimum Gasteiger partial charge on any atom is -0.506 e. The molecule has 4 aliphatic carbocycles. The zero-order valence-corrected chi connectivity index (χ0v) is 77.5. The van der Waals surface area contributed by atoms with E-state index in [4.69, 9.17) is 27.7 Å². The van der Waals surface area contributed by atoms with E-state index in [2.05, 4.69) is 133 Å². The van der Waals surface area contributed by atoms with Gasteiger partial charge in [-0.1, -0.05) is 26.3 Å². The van der Waals surface area contributed by atoms with Gasteiger partial charge in [-0.25, -0.2) is 44.9 Å². The van der Waals surface area contributed by atoms with Crippen LogP contribution in [0.15, 0.2) is 204 Å². The highest BCUT2D eigenvalue weighted by molar-refractivity contribution is 6.03. The van der Waals surface area contributed by atoms with Gasteiger partial charge in [0.25, 0.3) is 0 Å². The first kappa shape index (κ1) is 90.5. The van der Waals surface area contributed by atoms with Crippen molar-refractivity contribution in [2.75, 3.05) is 76.9 Å². The second-order valence-corrected chi connectivity index (χ2v) is 35.7. The van der Waals surface area contributed by atoms with E-state index < -0.39 is 0 Å². The van der Waals surface area contributed by atoms with Crippen LogP contribution in [0.5, 0.6) is 0 Å². The number of hydrogen-bond donors (Lipinski definition) is 9. The maximum absolute atomic E-state index is 12.8. The molecule has 16 aromatic heterocycles. The average molecular weight is 1830 g/mol. The summed E-state index contributed by atoms with van der Waals surface area (Å²) in [6.45, 7) is 24.4. The molecule has 5 aliphatic rings. The molecule has 137 heavy (non-hydrogen) atoms. The van der Waals surface area contributed by atoms with Crippen molar-refractivity contribution in [3.63, 3.8) is 0 Å². The molecule has 36 nitrogen and oxygen atoms in total. The van der Waals surface area contributed by atoms with Crippen LogP contribution < -0.4 is 49.1 Å². The van der Waals surface area contributed by atoms with E-state index in [9.17, 15) is 24.3 Å². The van der Waals surface area contributed by atoms with Crippen LogP contribution >= 0.6 is 0 Å². The lowest BCUT2D eigenvalue weighted by Crippen LogP contribution is -2.34. The minimum atomic E-state index is -0.0940. The third-order valence-electron chi connectivity index (χ3n) is 25.6. The van der Waals surface area contributed by atoms with E-state index in [1.807, 2.05) is 191 Å². The fourth-order valence-electron chi connectivity index (χ4n) is 17.2. The zero-order chi connectivity index (χ0) is 96.4. The van der Waals surface area contributed by atoms with E-state index >= 15 is 0 Å². The predicted octanol–water partition coefficient (Wildman–Crippen LogP) is 14.6. The summed E-state index contributed by atoms with van der Waals surface area (Å²) < 4.78 is 12.2. The Morgan fingerprint density at radius 2 is 0.693 bits per heavy atom. The number of nitrogen functional groups attached to an aromatic ring is 4. The lowest BCUT2D eigenvalue weighted by atomic mass is 10.0. The quantitative estimate of drug-likeness (QED) is 0.0285. The maximum atomic E-state index is 12.8. The molecule has 0 unspecified atom stereocenters. The first-order valence-corrected chi connectivity index (χ1v) is 44.5. The first-order valence-electron chi connectivity index (χ1n) is 44.5. The number of carbonyl (C=O) groups is 4. The molecule has 8 atom stereocenters. The molecule has 17 heterocycles. The number of nitrogens with one attached hydrogen (secondary N) is 4. The number of pyridine rings is 12. The van der Waals surface area contributed by atoms with Gasteiger partial charge in [-0.05, 0) is 216 Å². The van der Waals surface area contributed by atoms with Crippen molar-refractivity contribution in [3.05, 3.63) is 266 Å². The summed E-state index contributed by atoms with van der Waals surface area (Å²) in [6, 6.07) is 22.7. The van der Waals surface area contributed by atoms with Gasteiger partial charge in [-0.3, -0.25) is 52.9 Å². The Balaban J connectivity index is 0.000000122. The van der Waals surface area contributed by atoms with Crippen LogP contribution in [0.1, 0.15) is 117 Å². The monoisotopic (exact) mass is 1830 g/mol. The summed E-state index contributed by atoms with van der Waals surface area (Å²) in [5.74, 6) is 5.04. The summed E-state index contributed by atoms with van der Waals surface area (Å²) >= 11 is 0. The SMILES string of the molecule is C=C(O)c1cc(C)c(-c2cc3cc(NC(=O)[C@H]4C[C@@H]4c4cnn(C)c4)ncc3c(N)n2)cn1.C=C(OC)c1cc(C)c(-c2cc3cc(NC(=O)[C@H]4C[C@@H]4c4cnn(C)c4)ncc3c(N)n2)cn1.C=C(c1cc(C)c(-c2cc3cc(NC(=O)[C@H]4C[C@@H]4c4cnn(C)c4)ncc3c(N)n2)cn1)N(C)C.C=C1CCN1c1cc(C)c(-c2cc3cc(NC(=O)[C@H]4C[C@@H]4c4cnn(C)c4)ncc3c(N)n2)cn1. The van der Waals surface area contributed by atoms with Gasteiger partial charge >= 0.3 is 0 Å². The zero-order valence-electron chi connectivity index (χ0n) is 77.5. The minimum absolute atomic E-state index is 0.0313. The van der Waals surface area contributed by atoms with Gasteiger partial charge in [0, 0.05) is 203 Å². The van der Waals surface area contributed by atoms with Crippen LogP contribution in [0.25, 0.3) is 105 Å². The largest absolute Gasteiger partial charge is 0.506 e. The number of hydrogen-bond acceptors (Lipinski definition) is 28. The fourth-order valence-corrected chi connectivity index (χ4v) is 17.2. The van der Waals surface area contributed by atoms with Crippen LogP contribution in [0.4, 0.5) is 52.4 Å². The lowest BCUT2D eigenvalue weighted by Gasteiger charge is -2.34. The second kappa shape index (κ2) is 36.8. The molecule has 16 aromatic rings. The Morgan fingerprint density at radius 1 is 0.401 bits per heavy atom. The lowest BCUT2D eigenvalue weighted by molar-refractivity contribution is -0.118. The number of aryl methyl sites for hydroxylation is 8. The molecule has 0 radical (unpaired) electrons. The molecule has 5 fully saturated rings. The normalized spacial score (nSPS) is 17.5. The molecule has 1 aliphatic heterocycles. The molecule has 0 aromatic carbocycles. The molecular formula is C101H102N30O6. The van der Waals surface area contributed by atoms with Crippen LogP contribution in [0.3, 0.4) is 0 Å². The Kier molecular flexibility index (Phi) is 24.3. The fraction of sp³-hybridized carbons (Fsp3) is 0.248. The van der Waals surface area contributed by atoms with Crippen molar-refractivity contribution in [3.8, 4) is 45.0 Å². The highest BCUT2D eigenvalue weighted by atomic mass is 16.5. The van der Waals surface area contributed by atoms with E-state index in [0.29, 0.717) is 86.2 Å². The third kappa shape index (κ3) is 19.3. The Hall–Kier alpha value is -17.1. The van der Waals surface area contributed by atoms with Gasteiger partial charge in [0.1, 0.15) is 75.3 Å². The van der Waals surface area contributed by atoms with Crippen LogP contribution in [0, 0.1) is 51.4 Å². The van der Waals surface area contributed by atoms with Gasteiger partial charge in [0.05, 0.1) is 66.1 Å². The van der Waals surface area contributed by atoms with Gasteiger partial charge in [-0.2, -0.15) is 20.4 Å². The van der Waals surface area contributed by atoms with Crippen molar-refractivity contribution >= 4 is 136 Å². The third-order valence-corrected chi connectivity index (χ3v) is 25.6.